The van der Waals surface area contributed by atoms with Gasteiger partial charge in [0.05, 0.1) is 30.3 Å². The van der Waals surface area contributed by atoms with Gasteiger partial charge in [-0.15, -0.1) is 0 Å². The van der Waals surface area contributed by atoms with Crippen molar-refractivity contribution in [2.45, 2.75) is 23.8 Å². The van der Waals surface area contributed by atoms with Gasteiger partial charge in [-0.25, -0.2) is 13.2 Å². The fourth-order valence-corrected chi connectivity index (χ4v) is 6.62. The Morgan fingerprint density at radius 3 is 2.85 bits per heavy atom. The molecular formula is C18H24N2O6S. The van der Waals surface area contributed by atoms with E-state index in [2.05, 4.69) is 5.32 Å². The minimum atomic E-state index is -3.22. The fourth-order valence-electron chi connectivity index (χ4n) is 4.33. The van der Waals surface area contributed by atoms with Crippen molar-refractivity contribution in [3.63, 3.8) is 0 Å². The van der Waals surface area contributed by atoms with E-state index in [1.165, 1.54) is 7.11 Å². The SMILES string of the molecule is COc1cccc2c1OCC(NC(=O)N1C[C@H]3[C@H](OC)CS(=O)(=O)[C@H]3C1)C2. The number of carbonyl (C=O) groups excluding carboxylic acids is 1. The van der Waals surface area contributed by atoms with Gasteiger partial charge in [-0.3, -0.25) is 0 Å². The van der Waals surface area contributed by atoms with Gasteiger partial charge in [-0.1, -0.05) is 12.1 Å². The number of hydrogen-bond donors (Lipinski definition) is 1. The average molecular weight is 396 g/mol. The number of hydrogen-bond acceptors (Lipinski definition) is 6. The molecule has 3 heterocycles. The number of likely N-dealkylation sites (tertiary alicyclic amines) is 1. The highest BCUT2D eigenvalue weighted by molar-refractivity contribution is 7.92. The number of urea groups is 1. The van der Waals surface area contributed by atoms with E-state index in [0.717, 1.165) is 11.3 Å². The highest BCUT2D eigenvalue weighted by Crippen LogP contribution is 2.36. The summed E-state index contributed by atoms with van der Waals surface area (Å²) in [6.07, 6.45) is 0.299. The topological polar surface area (TPSA) is 94.2 Å². The predicted octanol–water partition coefficient (Wildman–Crippen LogP) is 0.452. The van der Waals surface area contributed by atoms with Crippen molar-refractivity contribution in [2.24, 2.45) is 5.92 Å². The first kappa shape index (κ1) is 18.4. The molecule has 1 N–H and O–H groups in total. The quantitative estimate of drug-likeness (QED) is 0.797. The third kappa shape index (κ3) is 3.23. The summed E-state index contributed by atoms with van der Waals surface area (Å²) in [5, 5.41) is 2.45. The van der Waals surface area contributed by atoms with Gasteiger partial charge in [0, 0.05) is 31.7 Å². The van der Waals surface area contributed by atoms with Crippen molar-refractivity contribution in [1.82, 2.24) is 10.2 Å². The Hall–Kier alpha value is -2.00. The molecule has 2 saturated heterocycles. The number of methoxy groups -OCH3 is 2. The number of rotatable bonds is 3. The highest BCUT2D eigenvalue weighted by atomic mass is 32.2. The van der Waals surface area contributed by atoms with Crippen LogP contribution in [0.1, 0.15) is 5.56 Å². The molecule has 0 saturated carbocycles. The van der Waals surface area contributed by atoms with Crippen molar-refractivity contribution in [2.75, 3.05) is 39.7 Å². The summed E-state index contributed by atoms with van der Waals surface area (Å²) in [5.41, 5.74) is 0.978. The van der Waals surface area contributed by atoms with Gasteiger partial charge in [0.25, 0.3) is 0 Å². The van der Waals surface area contributed by atoms with E-state index >= 15 is 0 Å². The summed E-state index contributed by atoms with van der Waals surface area (Å²) in [6.45, 7) is 0.960. The van der Waals surface area contributed by atoms with Crippen molar-refractivity contribution in [3.05, 3.63) is 23.8 Å². The van der Waals surface area contributed by atoms with Crippen LogP contribution >= 0.6 is 0 Å². The Morgan fingerprint density at radius 2 is 2.11 bits per heavy atom. The lowest BCUT2D eigenvalue weighted by molar-refractivity contribution is 0.0819. The lowest BCUT2D eigenvalue weighted by Gasteiger charge is -2.29. The maximum absolute atomic E-state index is 12.7. The molecule has 148 valence electrons. The standard InChI is InChI=1S/C18H24N2O6S/c1-24-14-5-3-4-11-6-12(9-26-17(11)14)19-18(21)20-7-13-15(25-2)10-27(22,23)16(13)8-20/h3-5,12-13,15-16H,6-10H2,1-2H3,(H,19,21)/t12?,13-,15+,16-/m0/s1. The number of amides is 2. The molecule has 1 aromatic carbocycles. The maximum atomic E-state index is 12.7. The van der Waals surface area contributed by atoms with Gasteiger partial charge in [0.15, 0.2) is 21.3 Å². The van der Waals surface area contributed by atoms with E-state index in [1.54, 1.807) is 12.0 Å². The summed E-state index contributed by atoms with van der Waals surface area (Å²) < 4.78 is 41.0. The molecule has 0 aliphatic carbocycles. The minimum Gasteiger partial charge on any atom is -0.493 e. The zero-order chi connectivity index (χ0) is 19.2. The van der Waals surface area contributed by atoms with Crippen molar-refractivity contribution >= 4 is 15.9 Å². The third-order valence-electron chi connectivity index (χ3n) is 5.74. The Balaban J connectivity index is 1.41. The molecule has 3 aliphatic rings. The van der Waals surface area contributed by atoms with Crippen LogP contribution in [0.4, 0.5) is 4.79 Å². The van der Waals surface area contributed by atoms with E-state index in [1.807, 2.05) is 18.2 Å². The van der Waals surface area contributed by atoms with E-state index in [0.29, 0.717) is 25.3 Å². The van der Waals surface area contributed by atoms with Crippen LogP contribution in [-0.2, 0) is 21.0 Å². The molecule has 1 aromatic rings. The van der Waals surface area contributed by atoms with E-state index in [-0.39, 0.29) is 36.4 Å². The summed E-state index contributed by atoms with van der Waals surface area (Å²) >= 11 is 0. The number of sulfone groups is 1. The third-order valence-corrected chi connectivity index (χ3v) is 7.95. The predicted molar refractivity (Wildman–Crippen MR) is 97.9 cm³/mol. The summed E-state index contributed by atoms with van der Waals surface area (Å²) in [6, 6.07) is 5.25. The summed E-state index contributed by atoms with van der Waals surface area (Å²) in [5.74, 6) is 1.29. The Bertz CT molecular complexity index is 842. The zero-order valence-electron chi connectivity index (χ0n) is 15.4. The van der Waals surface area contributed by atoms with Gasteiger partial charge in [-0.2, -0.15) is 0 Å². The van der Waals surface area contributed by atoms with E-state index < -0.39 is 15.1 Å². The molecule has 0 bridgehead atoms. The number of fused-ring (bicyclic) bond motifs is 2. The van der Waals surface area contributed by atoms with Crippen molar-refractivity contribution in [1.29, 1.82) is 0 Å². The number of ether oxygens (including phenoxy) is 3. The van der Waals surface area contributed by atoms with Gasteiger partial charge >= 0.3 is 6.03 Å². The molecule has 2 amide bonds. The largest absolute Gasteiger partial charge is 0.493 e. The lowest BCUT2D eigenvalue weighted by atomic mass is 10.0. The van der Waals surface area contributed by atoms with Gasteiger partial charge in [0.2, 0.25) is 0 Å². The molecule has 9 heteroatoms. The molecule has 0 spiro atoms. The number of carbonyl (C=O) groups is 1. The number of benzene rings is 1. The monoisotopic (exact) mass is 396 g/mol. The van der Waals surface area contributed by atoms with Gasteiger partial charge in [-0.05, 0) is 12.5 Å². The number of para-hydroxylation sites is 1. The van der Waals surface area contributed by atoms with Crippen LogP contribution in [0.3, 0.4) is 0 Å². The second-order valence-corrected chi connectivity index (χ2v) is 9.59. The minimum absolute atomic E-state index is 0.0450. The lowest BCUT2D eigenvalue weighted by Crippen LogP contribution is -2.49. The smallest absolute Gasteiger partial charge is 0.317 e. The maximum Gasteiger partial charge on any atom is 0.317 e. The molecule has 1 unspecified atom stereocenters. The normalized spacial score (nSPS) is 31.0. The molecule has 27 heavy (non-hydrogen) atoms. The molecule has 3 aliphatic heterocycles. The number of nitrogens with one attached hydrogen (secondary N) is 1. The average Bonchev–Trinajstić information content (AvgIpc) is 3.20. The molecule has 0 radical (unpaired) electrons. The number of nitrogens with zero attached hydrogens (tertiary/aromatic N) is 1. The first-order valence-corrected chi connectivity index (χ1v) is 10.7. The molecule has 0 aromatic heterocycles. The molecule has 8 nitrogen and oxygen atoms in total. The van der Waals surface area contributed by atoms with Crippen LogP contribution < -0.4 is 14.8 Å². The van der Waals surface area contributed by atoms with Crippen LogP contribution in [0.2, 0.25) is 0 Å². The van der Waals surface area contributed by atoms with Crippen LogP contribution in [0.15, 0.2) is 18.2 Å². The fraction of sp³-hybridized carbons (Fsp3) is 0.611. The summed E-state index contributed by atoms with van der Waals surface area (Å²) in [4.78, 5) is 14.3. The van der Waals surface area contributed by atoms with Crippen LogP contribution in [0.25, 0.3) is 0 Å². The van der Waals surface area contributed by atoms with E-state index in [9.17, 15) is 13.2 Å². The zero-order valence-corrected chi connectivity index (χ0v) is 16.2. The summed E-state index contributed by atoms with van der Waals surface area (Å²) in [7, 11) is -0.0977. The van der Waals surface area contributed by atoms with Crippen LogP contribution in [0, 0.1) is 5.92 Å². The van der Waals surface area contributed by atoms with Crippen molar-refractivity contribution in [3.8, 4) is 11.5 Å². The van der Waals surface area contributed by atoms with Gasteiger partial charge < -0.3 is 24.4 Å². The second-order valence-electron chi connectivity index (χ2n) is 7.32. The van der Waals surface area contributed by atoms with Crippen LogP contribution in [-0.4, -0.2) is 76.4 Å². The Labute approximate surface area is 158 Å². The molecular weight excluding hydrogens is 372 g/mol. The second kappa shape index (κ2) is 6.87. The molecule has 2 fully saturated rings. The van der Waals surface area contributed by atoms with Crippen LogP contribution in [0.5, 0.6) is 11.5 Å². The molecule has 4 rings (SSSR count). The first-order valence-electron chi connectivity index (χ1n) is 9.01. The highest BCUT2D eigenvalue weighted by Gasteiger charge is 2.53. The van der Waals surface area contributed by atoms with E-state index in [4.69, 9.17) is 14.2 Å². The molecule has 4 atom stereocenters. The van der Waals surface area contributed by atoms with Crippen molar-refractivity contribution < 1.29 is 27.4 Å². The Morgan fingerprint density at radius 1 is 1.30 bits per heavy atom. The Kier molecular flexibility index (Phi) is 4.67. The van der Waals surface area contributed by atoms with Gasteiger partial charge in [0.1, 0.15) is 6.61 Å². The first-order chi connectivity index (χ1) is 12.9.